The fraction of sp³-hybridized carbons (Fsp3) is 0.833. The SMILES string of the molecule is COC1CCC(Nc2nnc(CNC(C)C)o2)C1. The molecule has 2 rings (SSSR count). The Balaban J connectivity index is 1.80. The van der Waals surface area contributed by atoms with Crippen molar-refractivity contribution in [3.63, 3.8) is 0 Å². The van der Waals surface area contributed by atoms with E-state index in [4.69, 9.17) is 9.15 Å². The molecule has 1 aromatic heterocycles. The summed E-state index contributed by atoms with van der Waals surface area (Å²) in [5, 5.41) is 14.5. The lowest BCUT2D eigenvalue weighted by molar-refractivity contribution is 0.108. The molecular weight excluding hydrogens is 232 g/mol. The maximum absolute atomic E-state index is 5.53. The van der Waals surface area contributed by atoms with Crippen LogP contribution in [0.4, 0.5) is 6.01 Å². The molecule has 18 heavy (non-hydrogen) atoms. The smallest absolute Gasteiger partial charge is 0.315 e. The van der Waals surface area contributed by atoms with Gasteiger partial charge < -0.3 is 19.8 Å². The highest BCUT2D eigenvalue weighted by Gasteiger charge is 2.25. The van der Waals surface area contributed by atoms with Gasteiger partial charge in [-0.05, 0) is 19.3 Å². The summed E-state index contributed by atoms with van der Waals surface area (Å²) in [6, 6.07) is 1.30. The summed E-state index contributed by atoms with van der Waals surface area (Å²) in [6.45, 7) is 4.77. The number of aromatic nitrogens is 2. The van der Waals surface area contributed by atoms with Crippen molar-refractivity contribution in [1.82, 2.24) is 15.5 Å². The van der Waals surface area contributed by atoms with E-state index in [9.17, 15) is 0 Å². The zero-order chi connectivity index (χ0) is 13.0. The average Bonchev–Trinajstić information content (AvgIpc) is 2.96. The van der Waals surface area contributed by atoms with Crippen LogP contribution >= 0.6 is 0 Å². The summed E-state index contributed by atoms with van der Waals surface area (Å²) < 4.78 is 10.9. The quantitative estimate of drug-likeness (QED) is 0.802. The Morgan fingerprint density at radius 3 is 2.89 bits per heavy atom. The second-order valence-corrected chi connectivity index (χ2v) is 5.05. The molecule has 6 nitrogen and oxygen atoms in total. The molecule has 1 heterocycles. The molecule has 0 radical (unpaired) electrons. The van der Waals surface area contributed by atoms with Crippen LogP contribution in [0.3, 0.4) is 0 Å². The molecule has 2 atom stereocenters. The minimum atomic E-state index is 0.354. The third-order valence-corrected chi connectivity index (χ3v) is 3.17. The van der Waals surface area contributed by atoms with Crippen molar-refractivity contribution in [2.75, 3.05) is 12.4 Å². The number of nitrogens with one attached hydrogen (secondary N) is 2. The maximum atomic E-state index is 5.53. The number of hydrogen-bond donors (Lipinski definition) is 2. The highest BCUT2D eigenvalue weighted by molar-refractivity contribution is 5.20. The molecule has 0 spiro atoms. The van der Waals surface area contributed by atoms with Gasteiger partial charge in [-0.25, -0.2) is 0 Å². The first-order valence-electron chi connectivity index (χ1n) is 6.52. The molecule has 0 bridgehead atoms. The van der Waals surface area contributed by atoms with Gasteiger partial charge in [0.2, 0.25) is 5.89 Å². The summed E-state index contributed by atoms with van der Waals surface area (Å²) in [5.41, 5.74) is 0. The van der Waals surface area contributed by atoms with Gasteiger partial charge in [0, 0.05) is 19.2 Å². The van der Waals surface area contributed by atoms with Crippen molar-refractivity contribution in [2.45, 2.75) is 57.8 Å². The van der Waals surface area contributed by atoms with Crippen molar-refractivity contribution in [1.29, 1.82) is 0 Å². The van der Waals surface area contributed by atoms with Gasteiger partial charge in [0.1, 0.15) is 0 Å². The van der Waals surface area contributed by atoms with Crippen LogP contribution in [-0.2, 0) is 11.3 Å². The third kappa shape index (κ3) is 3.68. The Kier molecular flexibility index (Phi) is 4.54. The normalized spacial score (nSPS) is 23.8. The zero-order valence-electron chi connectivity index (χ0n) is 11.3. The van der Waals surface area contributed by atoms with E-state index in [-0.39, 0.29) is 0 Å². The van der Waals surface area contributed by atoms with E-state index in [0.29, 0.717) is 36.6 Å². The van der Waals surface area contributed by atoms with Crippen molar-refractivity contribution >= 4 is 6.01 Å². The monoisotopic (exact) mass is 254 g/mol. The van der Waals surface area contributed by atoms with Crippen molar-refractivity contribution in [3.8, 4) is 0 Å². The van der Waals surface area contributed by atoms with Crippen LogP contribution in [0.25, 0.3) is 0 Å². The molecule has 0 amide bonds. The predicted molar refractivity (Wildman–Crippen MR) is 68.3 cm³/mol. The second kappa shape index (κ2) is 6.15. The summed E-state index contributed by atoms with van der Waals surface area (Å²) in [5.74, 6) is 0.618. The van der Waals surface area contributed by atoms with Gasteiger partial charge in [-0.2, -0.15) is 0 Å². The number of methoxy groups -OCH3 is 1. The van der Waals surface area contributed by atoms with Crippen LogP contribution in [0.5, 0.6) is 0 Å². The first-order valence-corrected chi connectivity index (χ1v) is 6.52. The summed E-state index contributed by atoms with van der Waals surface area (Å²) in [7, 11) is 1.76. The zero-order valence-corrected chi connectivity index (χ0v) is 11.3. The van der Waals surface area contributed by atoms with E-state index in [1.54, 1.807) is 7.11 Å². The molecular formula is C12H22N4O2. The van der Waals surface area contributed by atoms with Gasteiger partial charge in [0.15, 0.2) is 0 Å². The molecule has 1 aliphatic carbocycles. The first kappa shape index (κ1) is 13.3. The van der Waals surface area contributed by atoms with Gasteiger partial charge in [-0.15, -0.1) is 5.10 Å². The lowest BCUT2D eigenvalue weighted by atomic mass is 10.2. The highest BCUT2D eigenvalue weighted by Crippen LogP contribution is 2.24. The van der Waals surface area contributed by atoms with Crippen LogP contribution < -0.4 is 10.6 Å². The first-order chi connectivity index (χ1) is 8.67. The van der Waals surface area contributed by atoms with Gasteiger partial charge in [-0.1, -0.05) is 18.9 Å². The fourth-order valence-corrected chi connectivity index (χ4v) is 2.13. The van der Waals surface area contributed by atoms with E-state index >= 15 is 0 Å². The van der Waals surface area contributed by atoms with Gasteiger partial charge in [-0.3, -0.25) is 0 Å². The second-order valence-electron chi connectivity index (χ2n) is 5.05. The van der Waals surface area contributed by atoms with E-state index in [2.05, 4.69) is 34.7 Å². The van der Waals surface area contributed by atoms with Crippen LogP contribution in [0.2, 0.25) is 0 Å². The molecule has 102 valence electrons. The Hall–Kier alpha value is -1.14. The maximum Gasteiger partial charge on any atom is 0.315 e. The molecule has 1 aliphatic rings. The molecule has 6 heteroatoms. The number of ether oxygens (including phenoxy) is 1. The molecule has 1 fully saturated rings. The van der Waals surface area contributed by atoms with Crippen LogP contribution in [0.1, 0.15) is 39.0 Å². The molecule has 1 saturated carbocycles. The van der Waals surface area contributed by atoms with E-state index in [0.717, 1.165) is 19.3 Å². The minimum Gasteiger partial charge on any atom is -0.407 e. The largest absolute Gasteiger partial charge is 0.407 e. The van der Waals surface area contributed by atoms with Crippen LogP contribution in [-0.4, -0.2) is 35.5 Å². The Bertz CT molecular complexity index is 367. The number of rotatable bonds is 6. The summed E-state index contributed by atoms with van der Waals surface area (Å²) in [6.07, 6.45) is 3.52. The molecule has 0 aromatic carbocycles. The lowest BCUT2D eigenvalue weighted by Crippen LogP contribution is -2.21. The van der Waals surface area contributed by atoms with Gasteiger partial charge >= 0.3 is 6.01 Å². The highest BCUT2D eigenvalue weighted by atomic mass is 16.5. The average molecular weight is 254 g/mol. The van der Waals surface area contributed by atoms with Gasteiger partial charge in [0.25, 0.3) is 0 Å². The molecule has 2 unspecified atom stereocenters. The van der Waals surface area contributed by atoms with E-state index in [1.165, 1.54) is 0 Å². The number of nitrogens with zero attached hydrogens (tertiary/aromatic N) is 2. The van der Waals surface area contributed by atoms with Gasteiger partial charge in [0.05, 0.1) is 12.6 Å². The lowest BCUT2D eigenvalue weighted by Gasteiger charge is -2.10. The molecule has 1 aromatic rings. The van der Waals surface area contributed by atoms with Crippen molar-refractivity contribution in [2.24, 2.45) is 0 Å². The summed E-state index contributed by atoms with van der Waals surface area (Å²) >= 11 is 0. The number of anilines is 1. The van der Waals surface area contributed by atoms with E-state index < -0.39 is 0 Å². The standard InChI is InChI=1S/C12H22N4O2/c1-8(2)13-7-11-15-16-12(18-11)14-9-4-5-10(6-9)17-3/h8-10,13H,4-7H2,1-3H3,(H,14,16). The fourth-order valence-electron chi connectivity index (χ4n) is 2.13. The Morgan fingerprint density at radius 1 is 1.39 bits per heavy atom. The Labute approximate surface area is 107 Å². The van der Waals surface area contributed by atoms with Crippen molar-refractivity contribution in [3.05, 3.63) is 5.89 Å². The van der Waals surface area contributed by atoms with Crippen LogP contribution in [0, 0.1) is 0 Å². The molecule has 0 saturated heterocycles. The van der Waals surface area contributed by atoms with Crippen molar-refractivity contribution < 1.29 is 9.15 Å². The molecule has 2 N–H and O–H groups in total. The third-order valence-electron chi connectivity index (χ3n) is 3.17. The topological polar surface area (TPSA) is 72.2 Å². The minimum absolute atomic E-state index is 0.354. The van der Waals surface area contributed by atoms with E-state index in [1.807, 2.05) is 0 Å². The Morgan fingerprint density at radius 2 is 2.22 bits per heavy atom. The number of hydrogen-bond acceptors (Lipinski definition) is 6. The molecule has 0 aliphatic heterocycles. The predicted octanol–water partition coefficient (Wildman–Crippen LogP) is 1.55. The van der Waals surface area contributed by atoms with Crippen LogP contribution in [0.15, 0.2) is 4.42 Å². The summed E-state index contributed by atoms with van der Waals surface area (Å²) in [4.78, 5) is 0.